The Hall–Kier alpha value is -1.81. The fourth-order valence-electron chi connectivity index (χ4n) is 3.42. The molecule has 2 heterocycles. The second-order valence-corrected chi connectivity index (χ2v) is 7.81. The molecule has 0 radical (unpaired) electrons. The van der Waals surface area contributed by atoms with Gasteiger partial charge in [-0.15, -0.1) is 11.8 Å². The Kier molecular flexibility index (Phi) is 6.14. The number of thioether (sulfide) groups is 1. The third kappa shape index (κ3) is 4.63. The van der Waals surface area contributed by atoms with Gasteiger partial charge in [-0.1, -0.05) is 30.5 Å². The van der Waals surface area contributed by atoms with Crippen LogP contribution in [0.15, 0.2) is 47.6 Å². The van der Waals surface area contributed by atoms with E-state index >= 15 is 0 Å². The van der Waals surface area contributed by atoms with Crippen molar-refractivity contribution in [3.8, 4) is 0 Å². The predicted octanol–water partition coefficient (Wildman–Crippen LogP) is 4.93. The Labute approximate surface area is 154 Å². The minimum atomic E-state index is 0.192. The van der Waals surface area contributed by atoms with E-state index in [-0.39, 0.29) is 11.9 Å². The normalized spacial score (nSPS) is 18.0. The molecule has 1 fully saturated rings. The average Bonchev–Trinajstić information content (AvgIpc) is 2.89. The van der Waals surface area contributed by atoms with Crippen LogP contribution in [-0.4, -0.2) is 28.1 Å². The van der Waals surface area contributed by atoms with E-state index in [9.17, 15) is 4.79 Å². The summed E-state index contributed by atoms with van der Waals surface area (Å²) in [6, 6.07) is 10.7. The topological polar surface area (TPSA) is 33.2 Å². The molecule has 0 saturated carbocycles. The first-order valence-electron chi connectivity index (χ1n) is 9.04. The Balaban J connectivity index is 1.72. The van der Waals surface area contributed by atoms with Crippen LogP contribution in [0, 0.1) is 13.8 Å². The van der Waals surface area contributed by atoms with Crippen molar-refractivity contribution < 1.29 is 4.79 Å². The summed E-state index contributed by atoms with van der Waals surface area (Å²) in [4.78, 5) is 20.4. The van der Waals surface area contributed by atoms with Crippen molar-refractivity contribution in [2.45, 2.75) is 50.5 Å². The number of rotatable bonds is 4. The molecule has 2 aromatic rings. The van der Waals surface area contributed by atoms with E-state index in [0.717, 1.165) is 19.4 Å². The molecule has 1 aromatic carbocycles. The molecular weight excluding hydrogens is 328 g/mol. The number of likely N-dealkylation sites (tertiary alicyclic amines) is 1. The molecule has 3 nitrogen and oxygen atoms in total. The van der Waals surface area contributed by atoms with Crippen LogP contribution in [-0.2, 0) is 4.79 Å². The molecule has 4 heteroatoms. The Bertz CT molecular complexity index is 717. The maximum absolute atomic E-state index is 13.0. The van der Waals surface area contributed by atoms with E-state index in [2.05, 4.69) is 41.9 Å². The van der Waals surface area contributed by atoms with Crippen molar-refractivity contribution in [1.29, 1.82) is 0 Å². The van der Waals surface area contributed by atoms with E-state index in [1.165, 1.54) is 34.4 Å². The zero-order valence-corrected chi connectivity index (χ0v) is 15.9. The molecule has 1 amide bonds. The molecule has 1 unspecified atom stereocenters. The first-order valence-corrected chi connectivity index (χ1v) is 10.0. The van der Waals surface area contributed by atoms with Gasteiger partial charge in [0.05, 0.1) is 11.8 Å². The van der Waals surface area contributed by atoms with Gasteiger partial charge in [-0.3, -0.25) is 9.78 Å². The third-order valence-corrected chi connectivity index (χ3v) is 6.00. The summed E-state index contributed by atoms with van der Waals surface area (Å²) in [6.07, 6.45) is 8.18. The van der Waals surface area contributed by atoms with Crippen LogP contribution in [0.1, 0.15) is 48.4 Å². The van der Waals surface area contributed by atoms with E-state index in [4.69, 9.17) is 0 Å². The first kappa shape index (κ1) is 18.0. The zero-order chi connectivity index (χ0) is 17.6. The van der Waals surface area contributed by atoms with Crippen LogP contribution in [0.4, 0.5) is 0 Å². The number of carbonyl (C=O) groups excluding carboxylic acids is 1. The van der Waals surface area contributed by atoms with E-state index < -0.39 is 0 Å². The highest BCUT2D eigenvalue weighted by Crippen LogP contribution is 2.31. The van der Waals surface area contributed by atoms with Crippen LogP contribution in [0.2, 0.25) is 0 Å². The van der Waals surface area contributed by atoms with Gasteiger partial charge in [0.15, 0.2) is 0 Å². The van der Waals surface area contributed by atoms with Gasteiger partial charge in [0.1, 0.15) is 0 Å². The molecule has 1 saturated heterocycles. The lowest BCUT2D eigenvalue weighted by molar-refractivity contribution is -0.130. The van der Waals surface area contributed by atoms with E-state index in [0.29, 0.717) is 5.75 Å². The number of nitrogens with zero attached hydrogens (tertiary/aromatic N) is 2. The van der Waals surface area contributed by atoms with Crippen molar-refractivity contribution in [3.05, 3.63) is 59.4 Å². The minimum Gasteiger partial charge on any atom is -0.335 e. The highest BCUT2D eigenvalue weighted by atomic mass is 32.2. The Morgan fingerprint density at radius 3 is 2.76 bits per heavy atom. The maximum Gasteiger partial charge on any atom is 0.233 e. The summed E-state index contributed by atoms with van der Waals surface area (Å²) in [6.45, 7) is 5.07. The molecule has 1 atom stereocenters. The molecule has 0 bridgehead atoms. The number of amides is 1. The fourth-order valence-corrected chi connectivity index (χ4v) is 4.43. The van der Waals surface area contributed by atoms with Crippen molar-refractivity contribution in [1.82, 2.24) is 9.88 Å². The number of hydrogen-bond donors (Lipinski definition) is 0. The van der Waals surface area contributed by atoms with Crippen LogP contribution in [0.3, 0.4) is 0 Å². The quantitative estimate of drug-likeness (QED) is 0.730. The molecule has 132 valence electrons. The summed E-state index contributed by atoms with van der Waals surface area (Å²) < 4.78 is 0. The largest absolute Gasteiger partial charge is 0.335 e. The zero-order valence-electron chi connectivity index (χ0n) is 15.1. The summed E-state index contributed by atoms with van der Waals surface area (Å²) in [5.41, 5.74) is 3.69. The lowest BCUT2D eigenvalue weighted by atomic mass is 10.0. The number of hydrogen-bond acceptors (Lipinski definition) is 3. The van der Waals surface area contributed by atoms with E-state index in [1.807, 2.05) is 24.5 Å². The molecule has 3 rings (SSSR count). The average molecular weight is 355 g/mol. The molecule has 1 aliphatic rings. The van der Waals surface area contributed by atoms with Crippen LogP contribution < -0.4 is 0 Å². The van der Waals surface area contributed by atoms with Gasteiger partial charge >= 0.3 is 0 Å². The molecule has 0 N–H and O–H groups in total. The molecule has 25 heavy (non-hydrogen) atoms. The van der Waals surface area contributed by atoms with Crippen molar-refractivity contribution in [2.75, 3.05) is 12.3 Å². The summed E-state index contributed by atoms with van der Waals surface area (Å²) >= 11 is 1.66. The standard InChI is InChI=1S/C21H26N2OS/c1-16-7-8-17(2)20(14-16)25-15-21(24)23-13-5-3-4-6-19(23)18-9-11-22-12-10-18/h7-12,14,19H,3-6,13,15H2,1-2H3. The number of pyridine rings is 1. The number of aryl methyl sites for hydroxylation is 2. The van der Waals surface area contributed by atoms with Gasteiger partial charge in [-0.2, -0.15) is 0 Å². The van der Waals surface area contributed by atoms with Crippen molar-refractivity contribution in [2.24, 2.45) is 0 Å². The Morgan fingerprint density at radius 2 is 1.96 bits per heavy atom. The number of aromatic nitrogens is 1. The second-order valence-electron chi connectivity index (χ2n) is 6.79. The Morgan fingerprint density at radius 1 is 1.16 bits per heavy atom. The minimum absolute atomic E-state index is 0.192. The van der Waals surface area contributed by atoms with Crippen molar-refractivity contribution in [3.63, 3.8) is 0 Å². The van der Waals surface area contributed by atoms with Gasteiger partial charge in [0.2, 0.25) is 5.91 Å². The predicted molar refractivity (Wildman–Crippen MR) is 104 cm³/mol. The maximum atomic E-state index is 13.0. The van der Waals surface area contributed by atoms with Gasteiger partial charge in [0, 0.05) is 23.8 Å². The number of benzene rings is 1. The molecule has 0 aliphatic carbocycles. The monoisotopic (exact) mass is 354 g/mol. The third-order valence-electron chi connectivity index (χ3n) is 4.86. The van der Waals surface area contributed by atoms with Gasteiger partial charge < -0.3 is 4.90 Å². The second kappa shape index (κ2) is 8.52. The summed E-state index contributed by atoms with van der Waals surface area (Å²) in [7, 11) is 0. The molecule has 1 aromatic heterocycles. The first-order chi connectivity index (χ1) is 12.1. The fraction of sp³-hybridized carbons (Fsp3) is 0.429. The smallest absolute Gasteiger partial charge is 0.233 e. The summed E-state index contributed by atoms with van der Waals surface area (Å²) in [5, 5.41) is 0. The molecule has 0 spiro atoms. The van der Waals surface area contributed by atoms with Gasteiger partial charge in [-0.05, 0) is 56.0 Å². The van der Waals surface area contributed by atoms with E-state index in [1.54, 1.807) is 11.8 Å². The van der Waals surface area contributed by atoms with Crippen LogP contribution >= 0.6 is 11.8 Å². The van der Waals surface area contributed by atoms with Gasteiger partial charge in [0.25, 0.3) is 0 Å². The lowest BCUT2D eigenvalue weighted by Crippen LogP contribution is -2.36. The van der Waals surface area contributed by atoms with Gasteiger partial charge in [-0.25, -0.2) is 0 Å². The lowest BCUT2D eigenvalue weighted by Gasteiger charge is -2.30. The van der Waals surface area contributed by atoms with Crippen LogP contribution in [0.5, 0.6) is 0 Å². The molecular formula is C21H26N2OS. The summed E-state index contributed by atoms with van der Waals surface area (Å²) in [5.74, 6) is 0.751. The molecule has 1 aliphatic heterocycles. The SMILES string of the molecule is Cc1ccc(C)c(SCC(=O)N2CCCCCC2c2ccncc2)c1. The van der Waals surface area contributed by atoms with Crippen LogP contribution in [0.25, 0.3) is 0 Å². The highest BCUT2D eigenvalue weighted by Gasteiger charge is 2.26. The highest BCUT2D eigenvalue weighted by molar-refractivity contribution is 8.00. The number of carbonyl (C=O) groups is 1. The van der Waals surface area contributed by atoms with Crippen molar-refractivity contribution >= 4 is 17.7 Å².